The Morgan fingerprint density at radius 3 is 2.67 bits per heavy atom. The molecule has 1 N–H and O–H groups in total. The fraction of sp³-hybridized carbons (Fsp3) is 0.0667. The van der Waals surface area contributed by atoms with Crippen LogP contribution in [-0.4, -0.2) is 20.9 Å². The molecule has 0 aliphatic rings. The maximum absolute atomic E-state index is 12.0. The van der Waals surface area contributed by atoms with Crippen molar-refractivity contribution in [2.75, 3.05) is 0 Å². The molecule has 0 saturated carbocycles. The summed E-state index contributed by atoms with van der Waals surface area (Å²) >= 11 is 1.60. The van der Waals surface area contributed by atoms with E-state index < -0.39 is 0 Å². The Balaban J connectivity index is 1.76. The molecule has 3 aromatic heterocycles. The van der Waals surface area contributed by atoms with Crippen molar-refractivity contribution in [1.29, 1.82) is 0 Å². The molecule has 21 heavy (non-hydrogen) atoms. The molecule has 0 aromatic carbocycles. The Hall–Kier alpha value is -2.60. The van der Waals surface area contributed by atoms with Gasteiger partial charge in [0.2, 0.25) is 0 Å². The lowest BCUT2D eigenvalue weighted by molar-refractivity contribution is 0.0950. The molecule has 0 radical (unpaired) electrons. The second kappa shape index (κ2) is 6.23. The van der Waals surface area contributed by atoms with Crippen molar-refractivity contribution in [2.24, 2.45) is 0 Å². The Morgan fingerprint density at radius 1 is 1.10 bits per heavy atom. The third-order valence-electron chi connectivity index (χ3n) is 2.93. The first-order chi connectivity index (χ1) is 10.3. The summed E-state index contributed by atoms with van der Waals surface area (Å²) in [5, 5.41) is 6.85. The topological polar surface area (TPSA) is 67.8 Å². The largest absolute Gasteiger partial charge is 0.346 e. The second-order valence-corrected chi connectivity index (χ2v) is 5.06. The Kier molecular flexibility index (Phi) is 3.97. The van der Waals surface area contributed by atoms with Crippen LogP contribution in [0.5, 0.6) is 0 Å². The van der Waals surface area contributed by atoms with E-state index >= 15 is 0 Å². The third-order valence-corrected chi connectivity index (χ3v) is 3.61. The quantitative estimate of drug-likeness (QED) is 0.803. The molecule has 6 heteroatoms. The molecule has 0 spiro atoms. The molecule has 0 unspecified atom stereocenters. The molecule has 3 rings (SSSR count). The van der Waals surface area contributed by atoms with Crippen LogP contribution in [0.25, 0.3) is 11.3 Å². The highest BCUT2D eigenvalue weighted by Gasteiger charge is 2.10. The van der Waals surface area contributed by atoms with Gasteiger partial charge in [0.25, 0.3) is 5.91 Å². The van der Waals surface area contributed by atoms with E-state index in [-0.39, 0.29) is 5.91 Å². The molecular weight excluding hydrogens is 284 g/mol. The maximum Gasteiger partial charge on any atom is 0.251 e. The van der Waals surface area contributed by atoms with Gasteiger partial charge in [-0.15, -0.1) is 0 Å². The highest BCUT2D eigenvalue weighted by molar-refractivity contribution is 7.08. The van der Waals surface area contributed by atoms with Crippen LogP contribution in [0.3, 0.4) is 0 Å². The van der Waals surface area contributed by atoms with Gasteiger partial charge in [0.1, 0.15) is 0 Å². The van der Waals surface area contributed by atoms with Gasteiger partial charge >= 0.3 is 0 Å². The summed E-state index contributed by atoms with van der Waals surface area (Å²) in [5.41, 5.74) is 3.14. The van der Waals surface area contributed by atoms with Crippen LogP contribution in [0.1, 0.15) is 16.1 Å². The van der Waals surface area contributed by atoms with Crippen LogP contribution in [0.4, 0.5) is 0 Å². The number of hydrogen-bond donors (Lipinski definition) is 1. The van der Waals surface area contributed by atoms with Crippen LogP contribution in [0.15, 0.2) is 53.7 Å². The van der Waals surface area contributed by atoms with E-state index in [4.69, 9.17) is 0 Å². The summed E-state index contributed by atoms with van der Waals surface area (Å²) in [6, 6.07) is 5.33. The standard InChI is InChI=1S/C15H12N4OS/c20-15(11-1-4-16-5-2-11)19-9-13-14(18-7-6-17-13)12-3-8-21-10-12/h1-8,10H,9H2,(H,19,20). The van der Waals surface area contributed by atoms with E-state index in [0.717, 1.165) is 17.0 Å². The highest BCUT2D eigenvalue weighted by atomic mass is 32.1. The zero-order valence-electron chi connectivity index (χ0n) is 11.1. The van der Waals surface area contributed by atoms with Crippen molar-refractivity contribution in [1.82, 2.24) is 20.3 Å². The highest BCUT2D eigenvalue weighted by Crippen LogP contribution is 2.22. The lowest BCUT2D eigenvalue weighted by Crippen LogP contribution is -2.23. The van der Waals surface area contributed by atoms with Gasteiger partial charge in [-0.25, -0.2) is 0 Å². The minimum atomic E-state index is -0.153. The summed E-state index contributed by atoms with van der Waals surface area (Å²) < 4.78 is 0. The first-order valence-corrected chi connectivity index (χ1v) is 7.29. The Labute approximate surface area is 125 Å². The van der Waals surface area contributed by atoms with E-state index in [9.17, 15) is 4.79 Å². The van der Waals surface area contributed by atoms with Crippen LogP contribution in [-0.2, 0) is 6.54 Å². The van der Waals surface area contributed by atoms with Gasteiger partial charge in [0.15, 0.2) is 0 Å². The summed E-state index contributed by atoms with van der Waals surface area (Å²) in [5.74, 6) is -0.153. The zero-order chi connectivity index (χ0) is 14.5. The number of hydrogen-bond acceptors (Lipinski definition) is 5. The van der Waals surface area contributed by atoms with Gasteiger partial charge in [-0.05, 0) is 23.6 Å². The average molecular weight is 296 g/mol. The average Bonchev–Trinajstić information content (AvgIpc) is 3.08. The van der Waals surface area contributed by atoms with Gasteiger partial charge in [0, 0.05) is 41.3 Å². The number of aromatic nitrogens is 3. The molecule has 104 valence electrons. The fourth-order valence-electron chi connectivity index (χ4n) is 1.91. The molecule has 3 aromatic rings. The van der Waals surface area contributed by atoms with Crippen LogP contribution in [0, 0.1) is 0 Å². The lowest BCUT2D eigenvalue weighted by Gasteiger charge is -2.08. The van der Waals surface area contributed by atoms with Gasteiger partial charge < -0.3 is 5.32 Å². The number of amides is 1. The lowest BCUT2D eigenvalue weighted by atomic mass is 10.2. The predicted octanol–water partition coefficient (Wildman–Crippen LogP) is 2.53. The summed E-state index contributed by atoms with van der Waals surface area (Å²) in [7, 11) is 0. The molecule has 0 saturated heterocycles. The minimum absolute atomic E-state index is 0.153. The summed E-state index contributed by atoms with van der Waals surface area (Å²) in [6.45, 7) is 0.334. The number of nitrogens with one attached hydrogen (secondary N) is 1. The molecular formula is C15H12N4OS. The molecule has 0 aliphatic heterocycles. The minimum Gasteiger partial charge on any atom is -0.346 e. The van der Waals surface area contributed by atoms with E-state index in [2.05, 4.69) is 20.3 Å². The van der Waals surface area contributed by atoms with Crippen LogP contribution in [0.2, 0.25) is 0 Å². The summed E-state index contributed by atoms with van der Waals surface area (Å²) in [6.07, 6.45) is 6.47. The summed E-state index contributed by atoms with van der Waals surface area (Å²) in [4.78, 5) is 24.6. The number of carbonyl (C=O) groups is 1. The van der Waals surface area contributed by atoms with Crippen molar-refractivity contribution >= 4 is 17.2 Å². The Morgan fingerprint density at radius 2 is 1.90 bits per heavy atom. The van der Waals surface area contributed by atoms with Crippen molar-refractivity contribution < 1.29 is 4.79 Å². The number of carbonyl (C=O) groups excluding carboxylic acids is 1. The van der Waals surface area contributed by atoms with E-state index in [1.165, 1.54) is 0 Å². The molecule has 0 fully saturated rings. The first-order valence-electron chi connectivity index (χ1n) is 6.35. The van der Waals surface area contributed by atoms with Crippen molar-refractivity contribution in [3.8, 4) is 11.3 Å². The van der Waals surface area contributed by atoms with Crippen molar-refractivity contribution in [3.63, 3.8) is 0 Å². The number of pyridine rings is 1. The molecule has 1 amide bonds. The third kappa shape index (κ3) is 3.11. The van der Waals surface area contributed by atoms with Crippen LogP contribution >= 0.6 is 11.3 Å². The van der Waals surface area contributed by atoms with E-state index in [0.29, 0.717) is 12.1 Å². The van der Waals surface area contributed by atoms with Gasteiger partial charge in [-0.2, -0.15) is 11.3 Å². The van der Waals surface area contributed by atoms with Gasteiger partial charge in [0.05, 0.1) is 17.9 Å². The SMILES string of the molecule is O=C(NCc1nccnc1-c1ccsc1)c1ccncc1. The number of nitrogens with zero attached hydrogens (tertiary/aromatic N) is 3. The van der Waals surface area contributed by atoms with Crippen molar-refractivity contribution in [3.05, 3.63) is 65.0 Å². The maximum atomic E-state index is 12.0. The number of rotatable bonds is 4. The Bertz CT molecular complexity index is 728. The second-order valence-electron chi connectivity index (χ2n) is 4.28. The first kappa shape index (κ1) is 13.4. The fourth-order valence-corrected chi connectivity index (χ4v) is 2.55. The van der Waals surface area contributed by atoms with Gasteiger partial charge in [-0.3, -0.25) is 19.7 Å². The van der Waals surface area contributed by atoms with Gasteiger partial charge in [-0.1, -0.05) is 0 Å². The monoisotopic (exact) mass is 296 g/mol. The molecule has 3 heterocycles. The smallest absolute Gasteiger partial charge is 0.251 e. The molecule has 0 atom stereocenters. The molecule has 5 nitrogen and oxygen atoms in total. The van der Waals surface area contributed by atoms with Crippen molar-refractivity contribution in [2.45, 2.75) is 6.54 Å². The predicted molar refractivity (Wildman–Crippen MR) is 80.8 cm³/mol. The molecule has 0 aliphatic carbocycles. The van der Waals surface area contributed by atoms with E-state index in [1.54, 1.807) is 48.3 Å². The number of thiophene rings is 1. The molecule has 0 bridgehead atoms. The van der Waals surface area contributed by atoms with E-state index in [1.807, 2.05) is 16.8 Å². The van der Waals surface area contributed by atoms with Crippen LogP contribution < -0.4 is 5.32 Å². The zero-order valence-corrected chi connectivity index (χ0v) is 11.9. The normalized spacial score (nSPS) is 10.3.